The van der Waals surface area contributed by atoms with Gasteiger partial charge in [0.05, 0.1) is 6.21 Å². The normalized spacial score (nSPS) is 18.1. The first-order valence-electron chi connectivity index (χ1n) is 7.84. The highest BCUT2D eigenvalue weighted by Crippen LogP contribution is 2.35. The summed E-state index contributed by atoms with van der Waals surface area (Å²) in [5.41, 5.74) is 1.33. The number of benzene rings is 1. The first kappa shape index (κ1) is 15.8. The van der Waals surface area contributed by atoms with Crippen LogP contribution in [0.3, 0.4) is 0 Å². The van der Waals surface area contributed by atoms with Crippen LogP contribution < -0.4 is 0 Å². The van der Waals surface area contributed by atoms with Gasteiger partial charge in [0.15, 0.2) is 0 Å². The van der Waals surface area contributed by atoms with E-state index in [0.29, 0.717) is 0 Å². The molecule has 0 atom stereocenters. The molecule has 1 fully saturated rings. The van der Waals surface area contributed by atoms with Crippen molar-refractivity contribution in [3.05, 3.63) is 48.6 Å². The Kier molecular flexibility index (Phi) is 6.00. The lowest BCUT2D eigenvalue weighted by molar-refractivity contribution is 0.167. The minimum Gasteiger partial charge on any atom is -0.411 e. The predicted molar refractivity (Wildman–Crippen MR) is 87.7 cm³/mol. The topological polar surface area (TPSA) is 35.8 Å². The smallest absolute Gasteiger partial charge is 0.0510 e. The van der Waals surface area contributed by atoms with Gasteiger partial charge in [0.25, 0.3) is 0 Å². The van der Waals surface area contributed by atoms with E-state index in [1.807, 2.05) is 12.1 Å². The van der Waals surface area contributed by atoms with Gasteiger partial charge in [-0.2, -0.15) is 0 Å². The zero-order valence-electron chi connectivity index (χ0n) is 12.7. The molecule has 1 aliphatic carbocycles. The average Bonchev–Trinajstić information content (AvgIpc) is 2.49. The van der Waals surface area contributed by atoms with E-state index in [-0.39, 0.29) is 5.41 Å². The van der Waals surface area contributed by atoms with Gasteiger partial charge < -0.3 is 5.21 Å². The Labute approximate surface area is 128 Å². The number of oxime groups is 1. The van der Waals surface area contributed by atoms with E-state index in [1.165, 1.54) is 24.8 Å². The summed E-state index contributed by atoms with van der Waals surface area (Å²) in [5.74, 6) is 0. The highest BCUT2D eigenvalue weighted by Gasteiger charge is 2.32. The summed E-state index contributed by atoms with van der Waals surface area (Å²) < 4.78 is 0. The van der Waals surface area contributed by atoms with Gasteiger partial charge in [-0.05, 0) is 18.4 Å². The second-order valence-corrected chi connectivity index (χ2v) is 6.11. The Morgan fingerprint density at radius 3 is 2.52 bits per heavy atom. The number of rotatable bonds is 7. The molecule has 1 aliphatic rings. The Hall–Kier alpha value is -1.61. The highest BCUT2D eigenvalue weighted by molar-refractivity contribution is 5.65. The van der Waals surface area contributed by atoms with Gasteiger partial charge in [-0.25, -0.2) is 0 Å². The molecule has 0 heterocycles. The summed E-state index contributed by atoms with van der Waals surface area (Å²) in [6.45, 7) is 6.58. The van der Waals surface area contributed by atoms with Gasteiger partial charge in [-0.1, -0.05) is 55.7 Å². The molecule has 0 bridgehead atoms. The molecular formula is C18H26N2O. The van der Waals surface area contributed by atoms with Gasteiger partial charge in [0.1, 0.15) is 0 Å². The van der Waals surface area contributed by atoms with Crippen LogP contribution in [0.1, 0.15) is 37.7 Å². The molecule has 0 aliphatic heterocycles. The van der Waals surface area contributed by atoms with E-state index in [4.69, 9.17) is 5.21 Å². The standard InChI is InChI=1S/C18H26N2O/c1-2-13-20(14-17-9-5-3-6-10-17)16-18(15-19-21)11-7-4-8-12-18/h2-3,5-6,9-10,15,21H,1,4,7-8,11-14,16H2. The molecule has 0 amide bonds. The summed E-state index contributed by atoms with van der Waals surface area (Å²) in [6.07, 6.45) is 9.68. The molecule has 1 aromatic carbocycles. The molecule has 1 saturated carbocycles. The summed E-state index contributed by atoms with van der Waals surface area (Å²) >= 11 is 0. The van der Waals surface area contributed by atoms with E-state index in [1.54, 1.807) is 6.21 Å². The van der Waals surface area contributed by atoms with Crippen LogP contribution in [0, 0.1) is 5.41 Å². The van der Waals surface area contributed by atoms with Crippen LogP contribution in [0.2, 0.25) is 0 Å². The fraction of sp³-hybridized carbons (Fsp3) is 0.500. The minimum atomic E-state index is 0.0186. The average molecular weight is 286 g/mol. The zero-order chi connectivity index (χ0) is 15.0. The largest absolute Gasteiger partial charge is 0.411 e. The van der Waals surface area contributed by atoms with E-state index < -0.39 is 0 Å². The van der Waals surface area contributed by atoms with Crippen LogP contribution in [0.15, 0.2) is 48.1 Å². The number of nitrogens with zero attached hydrogens (tertiary/aromatic N) is 2. The van der Waals surface area contributed by atoms with E-state index in [2.05, 4.69) is 40.9 Å². The third kappa shape index (κ3) is 4.71. The lowest BCUT2D eigenvalue weighted by Crippen LogP contribution is -2.40. The van der Waals surface area contributed by atoms with Crippen LogP contribution in [0.4, 0.5) is 0 Å². The van der Waals surface area contributed by atoms with Gasteiger partial charge in [-0.3, -0.25) is 4.90 Å². The second kappa shape index (κ2) is 7.99. The van der Waals surface area contributed by atoms with Gasteiger partial charge in [0.2, 0.25) is 0 Å². The molecule has 0 spiro atoms. The maximum Gasteiger partial charge on any atom is 0.0510 e. The third-order valence-electron chi connectivity index (χ3n) is 4.36. The van der Waals surface area contributed by atoms with Crippen molar-refractivity contribution in [2.45, 2.75) is 38.6 Å². The van der Waals surface area contributed by atoms with Crippen molar-refractivity contribution in [1.29, 1.82) is 0 Å². The van der Waals surface area contributed by atoms with Crippen molar-refractivity contribution in [3.8, 4) is 0 Å². The quantitative estimate of drug-likeness (QED) is 0.355. The monoisotopic (exact) mass is 286 g/mol. The minimum absolute atomic E-state index is 0.0186. The number of hydrogen-bond donors (Lipinski definition) is 1. The molecule has 2 rings (SSSR count). The first-order chi connectivity index (χ1) is 10.3. The third-order valence-corrected chi connectivity index (χ3v) is 4.36. The van der Waals surface area contributed by atoms with Crippen molar-refractivity contribution in [2.24, 2.45) is 10.6 Å². The molecule has 0 radical (unpaired) electrons. The van der Waals surface area contributed by atoms with Crippen molar-refractivity contribution in [2.75, 3.05) is 13.1 Å². The SMILES string of the molecule is C=CCN(Cc1ccccc1)CC1(C=NO)CCCCC1. The van der Waals surface area contributed by atoms with Crippen LogP contribution in [-0.4, -0.2) is 29.4 Å². The summed E-state index contributed by atoms with van der Waals surface area (Å²) in [6, 6.07) is 10.5. The molecular weight excluding hydrogens is 260 g/mol. The fourth-order valence-corrected chi connectivity index (χ4v) is 3.36. The molecule has 1 N–H and O–H groups in total. The molecule has 0 saturated heterocycles. The van der Waals surface area contributed by atoms with Crippen molar-refractivity contribution < 1.29 is 5.21 Å². The molecule has 0 aromatic heterocycles. The summed E-state index contributed by atoms with van der Waals surface area (Å²) in [4.78, 5) is 2.40. The van der Waals surface area contributed by atoms with Crippen molar-refractivity contribution in [3.63, 3.8) is 0 Å². The zero-order valence-corrected chi connectivity index (χ0v) is 12.7. The van der Waals surface area contributed by atoms with Crippen LogP contribution in [-0.2, 0) is 6.54 Å². The lowest BCUT2D eigenvalue weighted by Gasteiger charge is -2.37. The summed E-state index contributed by atoms with van der Waals surface area (Å²) in [7, 11) is 0. The van der Waals surface area contributed by atoms with Gasteiger partial charge in [0, 0.05) is 25.0 Å². The Balaban J connectivity index is 2.07. The molecule has 3 heteroatoms. The van der Waals surface area contributed by atoms with E-state index in [0.717, 1.165) is 32.5 Å². The van der Waals surface area contributed by atoms with E-state index in [9.17, 15) is 0 Å². The molecule has 1 aromatic rings. The second-order valence-electron chi connectivity index (χ2n) is 6.11. The fourth-order valence-electron chi connectivity index (χ4n) is 3.36. The lowest BCUT2D eigenvalue weighted by atomic mass is 9.74. The van der Waals surface area contributed by atoms with Gasteiger partial charge in [-0.15, -0.1) is 11.7 Å². The van der Waals surface area contributed by atoms with Crippen LogP contribution in [0.25, 0.3) is 0 Å². The molecule has 21 heavy (non-hydrogen) atoms. The Bertz CT molecular complexity index is 450. The van der Waals surface area contributed by atoms with Crippen molar-refractivity contribution >= 4 is 6.21 Å². The van der Waals surface area contributed by atoms with Crippen molar-refractivity contribution in [1.82, 2.24) is 4.90 Å². The molecule has 0 unspecified atom stereocenters. The van der Waals surface area contributed by atoms with Crippen LogP contribution in [0.5, 0.6) is 0 Å². The first-order valence-corrected chi connectivity index (χ1v) is 7.84. The Morgan fingerprint density at radius 2 is 1.90 bits per heavy atom. The maximum absolute atomic E-state index is 9.05. The highest BCUT2D eigenvalue weighted by atomic mass is 16.4. The Morgan fingerprint density at radius 1 is 1.19 bits per heavy atom. The maximum atomic E-state index is 9.05. The molecule has 3 nitrogen and oxygen atoms in total. The molecule has 114 valence electrons. The van der Waals surface area contributed by atoms with Crippen LogP contribution >= 0.6 is 0 Å². The van der Waals surface area contributed by atoms with Gasteiger partial charge >= 0.3 is 0 Å². The predicted octanol–water partition coefficient (Wildman–Crippen LogP) is 4.09. The number of hydrogen-bond acceptors (Lipinski definition) is 3. The summed E-state index contributed by atoms with van der Waals surface area (Å²) in [5, 5.41) is 12.4. The van der Waals surface area contributed by atoms with E-state index >= 15 is 0 Å².